The molecule has 0 spiro atoms. The van der Waals surface area contributed by atoms with Gasteiger partial charge in [-0.1, -0.05) is 95.2 Å². The monoisotopic (exact) mass is 380 g/mol. The first-order valence-electron chi connectivity index (χ1n) is 12.5. The maximum absolute atomic E-state index is 2.41. The Hall–Kier alpha value is -1.04. The lowest BCUT2D eigenvalue weighted by molar-refractivity contribution is 0.141. The van der Waals surface area contributed by atoms with Crippen LogP contribution in [0.25, 0.3) is 6.08 Å². The molecule has 0 aliphatic heterocycles. The minimum Gasteiger partial charge on any atom is -0.0839 e. The highest BCUT2D eigenvalue weighted by molar-refractivity contribution is 5.49. The van der Waals surface area contributed by atoms with Crippen molar-refractivity contribution in [1.29, 1.82) is 0 Å². The van der Waals surface area contributed by atoms with Crippen LogP contribution < -0.4 is 0 Å². The normalized spacial score (nSPS) is 28.6. The van der Waals surface area contributed by atoms with Crippen LogP contribution in [0.15, 0.2) is 30.3 Å². The van der Waals surface area contributed by atoms with Crippen molar-refractivity contribution in [3.63, 3.8) is 0 Å². The molecule has 0 radical (unpaired) electrons. The van der Waals surface area contributed by atoms with Crippen LogP contribution >= 0.6 is 0 Å². The molecular weight excluding hydrogens is 336 g/mol. The smallest absolute Gasteiger partial charge is 0.0260 e. The van der Waals surface area contributed by atoms with Crippen molar-refractivity contribution in [1.82, 2.24) is 0 Å². The van der Waals surface area contributed by atoms with Crippen molar-refractivity contribution in [2.45, 2.75) is 104 Å². The van der Waals surface area contributed by atoms with Gasteiger partial charge in [0.15, 0.2) is 0 Å². The SMILES string of the molecule is CCCc1ccc(C=CCCC2CCC(C3CCC(CCC)CC3)CC2)cc1. The average Bonchev–Trinajstić information content (AvgIpc) is 2.74. The number of rotatable bonds is 9. The second-order valence-electron chi connectivity index (χ2n) is 9.82. The molecule has 0 amide bonds. The van der Waals surface area contributed by atoms with Crippen LogP contribution in [0.1, 0.15) is 108 Å². The summed E-state index contributed by atoms with van der Waals surface area (Å²) >= 11 is 0. The van der Waals surface area contributed by atoms with Gasteiger partial charge in [0.1, 0.15) is 0 Å². The Kier molecular flexibility index (Phi) is 9.16. The first-order valence-corrected chi connectivity index (χ1v) is 12.5. The summed E-state index contributed by atoms with van der Waals surface area (Å²) in [7, 11) is 0. The van der Waals surface area contributed by atoms with E-state index in [0.29, 0.717) is 0 Å². The largest absolute Gasteiger partial charge is 0.0839 e. The Morgan fingerprint density at radius 1 is 0.714 bits per heavy atom. The lowest BCUT2D eigenvalue weighted by Crippen LogP contribution is -2.25. The quantitative estimate of drug-likeness (QED) is 0.401. The van der Waals surface area contributed by atoms with Gasteiger partial charge < -0.3 is 0 Å². The van der Waals surface area contributed by atoms with Crippen molar-refractivity contribution in [3.05, 3.63) is 41.5 Å². The molecule has 2 saturated carbocycles. The third kappa shape index (κ3) is 6.78. The summed E-state index contributed by atoms with van der Waals surface area (Å²) in [6, 6.07) is 9.14. The molecule has 0 N–H and O–H groups in total. The highest BCUT2D eigenvalue weighted by atomic mass is 14.4. The maximum Gasteiger partial charge on any atom is -0.0260 e. The van der Waals surface area contributed by atoms with E-state index in [2.05, 4.69) is 50.3 Å². The van der Waals surface area contributed by atoms with Crippen molar-refractivity contribution >= 4 is 6.08 Å². The summed E-state index contributed by atoms with van der Waals surface area (Å²) in [5, 5.41) is 0. The second kappa shape index (κ2) is 11.8. The van der Waals surface area contributed by atoms with Gasteiger partial charge in [0.25, 0.3) is 0 Å². The molecule has 1 aromatic rings. The van der Waals surface area contributed by atoms with Crippen LogP contribution in [-0.4, -0.2) is 0 Å². The summed E-state index contributed by atoms with van der Waals surface area (Å²) in [5.41, 5.74) is 2.83. The Bertz CT molecular complexity index is 550. The van der Waals surface area contributed by atoms with E-state index in [-0.39, 0.29) is 0 Å². The van der Waals surface area contributed by atoms with Gasteiger partial charge in [0.05, 0.1) is 0 Å². The molecule has 0 saturated heterocycles. The molecule has 3 rings (SSSR count). The molecular formula is C28H44. The molecule has 156 valence electrons. The third-order valence-corrected chi connectivity index (χ3v) is 7.72. The van der Waals surface area contributed by atoms with Crippen LogP contribution in [0.3, 0.4) is 0 Å². The van der Waals surface area contributed by atoms with E-state index in [0.717, 1.165) is 23.7 Å². The zero-order valence-electron chi connectivity index (χ0n) is 18.7. The summed E-state index contributed by atoms with van der Waals surface area (Å²) < 4.78 is 0. The van der Waals surface area contributed by atoms with Crippen LogP contribution in [0.5, 0.6) is 0 Å². The van der Waals surface area contributed by atoms with Gasteiger partial charge in [-0.15, -0.1) is 0 Å². The average molecular weight is 381 g/mol. The Morgan fingerprint density at radius 3 is 1.82 bits per heavy atom. The lowest BCUT2D eigenvalue weighted by atomic mass is 9.68. The molecule has 1 aromatic carbocycles. The van der Waals surface area contributed by atoms with E-state index in [1.165, 1.54) is 88.2 Å². The molecule has 0 unspecified atom stereocenters. The maximum atomic E-state index is 2.41. The topological polar surface area (TPSA) is 0 Å². The fourth-order valence-corrected chi connectivity index (χ4v) is 5.94. The molecule has 0 bridgehead atoms. The molecule has 2 aliphatic carbocycles. The fraction of sp³-hybridized carbons (Fsp3) is 0.714. The Labute approximate surface area is 175 Å². The van der Waals surface area contributed by atoms with Crippen molar-refractivity contribution < 1.29 is 0 Å². The van der Waals surface area contributed by atoms with Crippen molar-refractivity contribution in [2.24, 2.45) is 23.7 Å². The first-order chi connectivity index (χ1) is 13.8. The molecule has 0 heteroatoms. The van der Waals surface area contributed by atoms with E-state index in [1.54, 1.807) is 12.8 Å². The van der Waals surface area contributed by atoms with Gasteiger partial charge in [0.2, 0.25) is 0 Å². The van der Waals surface area contributed by atoms with Crippen molar-refractivity contribution in [3.8, 4) is 0 Å². The van der Waals surface area contributed by atoms with Gasteiger partial charge in [-0.05, 0) is 79.7 Å². The van der Waals surface area contributed by atoms with E-state index in [1.807, 2.05) is 0 Å². The predicted molar refractivity (Wildman–Crippen MR) is 125 cm³/mol. The van der Waals surface area contributed by atoms with E-state index < -0.39 is 0 Å². The summed E-state index contributed by atoms with van der Waals surface area (Å²) in [5.74, 6) is 4.19. The fourth-order valence-electron chi connectivity index (χ4n) is 5.94. The molecule has 2 fully saturated rings. The number of hydrogen-bond acceptors (Lipinski definition) is 0. The second-order valence-corrected chi connectivity index (χ2v) is 9.82. The highest BCUT2D eigenvalue weighted by Crippen LogP contribution is 2.42. The van der Waals surface area contributed by atoms with Gasteiger partial charge in [-0.2, -0.15) is 0 Å². The molecule has 2 aliphatic rings. The van der Waals surface area contributed by atoms with Crippen molar-refractivity contribution in [2.75, 3.05) is 0 Å². The Balaban J connectivity index is 1.31. The van der Waals surface area contributed by atoms with Gasteiger partial charge in [-0.25, -0.2) is 0 Å². The molecule has 28 heavy (non-hydrogen) atoms. The predicted octanol–water partition coefficient (Wildman–Crippen LogP) is 8.85. The lowest BCUT2D eigenvalue weighted by Gasteiger charge is -2.38. The number of allylic oxidation sites excluding steroid dienone is 1. The van der Waals surface area contributed by atoms with E-state index in [9.17, 15) is 0 Å². The number of hydrogen-bond donors (Lipinski definition) is 0. The molecule has 0 heterocycles. The highest BCUT2D eigenvalue weighted by Gasteiger charge is 2.30. The Morgan fingerprint density at radius 2 is 1.29 bits per heavy atom. The van der Waals surface area contributed by atoms with E-state index in [4.69, 9.17) is 0 Å². The third-order valence-electron chi connectivity index (χ3n) is 7.72. The van der Waals surface area contributed by atoms with Crippen LogP contribution in [0.2, 0.25) is 0 Å². The molecule has 0 nitrogen and oxygen atoms in total. The van der Waals surface area contributed by atoms with E-state index >= 15 is 0 Å². The minimum absolute atomic E-state index is 0.990. The number of aryl methyl sites for hydroxylation is 1. The minimum atomic E-state index is 0.990. The van der Waals surface area contributed by atoms with Gasteiger partial charge in [-0.3, -0.25) is 0 Å². The van der Waals surface area contributed by atoms with Crippen LogP contribution in [0, 0.1) is 23.7 Å². The zero-order chi connectivity index (χ0) is 19.6. The van der Waals surface area contributed by atoms with Gasteiger partial charge in [0, 0.05) is 0 Å². The number of benzene rings is 1. The summed E-state index contributed by atoms with van der Waals surface area (Å²) in [4.78, 5) is 0. The molecule has 0 atom stereocenters. The van der Waals surface area contributed by atoms with Crippen LogP contribution in [-0.2, 0) is 6.42 Å². The standard InChI is InChI=1S/C28H44/c1-3-7-23-11-13-25(14-12-23)9-5-6-10-26-17-21-28(22-18-26)27-19-15-24(8-4-2)16-20-27/h5,9,11-14,24,26-28H,3-4,6-8,10,15-22H2,1-2H3. The summed E-state index contributed by atoms with van der Waals surface area (Å²) in [6.45, 7) is 4.60. The zero-order valence-corrected chi connectivity index (χ0v) is 18.7. The molecule has 0 aromatic heterocycles. The first kappa shape index (κ1) is 21.7. The van der Waals surface area contributed by atoms with Crippen LogP contribution in [0.4, 0.5) is 0 Å². The van der Waals surface area contributed by atoms with Gasteiger partial charge >= 0.3 is 0 Å². The summed E-state index contributed by atoms with van der Waals surface area (Å²) in [6.07, 6.45) is 24.9.